The van der Waals surface area contributed by atoms with E-state index in [1.165, 1.54) is 0 Å². The van der Waals surface area contributed by atoms with Gasteiger partial charge >= 0.3 is 0 Å². The largest absolute Gasteiger partial charge is 0.479 e. The molecule has 1 aliphatic heterocycles. The predicted molar refractivity (Wildman–Crippen MR) is 103 cm³/mol. The fraction of sp³-hybridized carbons (Fsp3) is 0.300. The lowest BCUT2D eigenvalue weighted by Gasteiger charge is -2.24. The van der Waals surface area contributed by atoms with Gasteiger partial charge in [0.15, 0.2) is 6.10 Å². The second-order valence-electron chi connectivity index (χ2n) is 6.63. The number of amides is 2. The molecule has 136 valence electrons. The molecule has 0 radical (unpaired) electrons. The Morgan fingerprint density at radius 1 is 1.19 bits per heavy atom. The number of rotatable bonds is 4. The van der Waals surface area contributed by atoms with Gasteiger partial charge in [-0.3, -0.25) is 9.59 Å². The topological polar surface area (TPSA) is 79.5 Å². The minimum Gasteiger partial charge on any atom is -0.479 e. The summed E-state index contributed by atoms with van der Waals surface area (Å²) in [4.78, 5) is 24.2. The van der Waals surface area contributed by atoms with Gasteiger partial charge in [-0.1, -0.05) is 12.1 Å². The molecule has 0 saturated heterocycles. The van der Waals surface area contributed by atoms with E-state index in [0.29, 0.717) is 11.4 Å². The molecule has 0 spiro atoms. The summed E-state index contributed by atoms with van der Waals surface area (Å²) in [6.45, 7) is 7.43. The fourth-order valence-electron chi connectivity index (χ4n) is 2.73. The van der Waals surface area contributed by atoms with Crippen molar-refractivity contribution in [1.29, 1.82) is 0 Å². The van der Waals surface area contributed by atoms with Gasteiger partial charge in [0, 0.05) is 11.4 Å². The highest BCUT2D eigenvalue weighted by molar-refractivity contribution is 5.99. The molecule has 2 amide bonds. The molecule has 0 bridgehead atoms. The number of anilines is 3. The third-order valence-corrected chi connectivity index (χ3v) is 4.34. The number of carbonyl (C=O) groups excluding carboxylic acids is 2. The molecule has 0 fully saturated rings. The standard InChI is InChI=1S/C20H23N3O3/c1-11-5-6-12(2)16(9-11)22-19(24)13(3)21-15-7-8-18-17(10-15)23-20(25)14(4)26-18/h5-10,13-14,21H,1-4H3,(H,22,24)(H,23,25)/t13-,14+/m0/s1. The lowest BCUT2D eigenvalue weighted by molar-refractivity contribution is -0.122. The molecule has 26 heavy (non-hydrogen) atoms. The monoisotopic (exact) mass is 353 g/mol. The van der Waals surface area contributed by atoms with E-state index in [0.717, 1.165) is 22.5 Å². The average molecular weight is 353 g/mol. The van der Waals surface area contributed by atoms with Gasteiger partial charge in [0.25, 0.3) is 5.91 Å². The number of nitrogens with one attached hydrogen (secondary N) is 3. The van der Waals surface area contributed by atoms with Gasteiger partial charge in [-0.05, 0) is 63.1 Å². The van der Waals surface area contributed by atoms with Gasteiger partial charge < -0.3 is 20.7 Å². The Labute approximate surface area is 152 Å². The molecule has 2 aromatic carbocycles. The zero-order valence-electron chi connectivity index (χ0n) is 15.3. The summed E-state index contributed by atoms with van der Waals surface area (Å²) in [7, 11) is 0. The highest BCUT2D eigenvalue weighted by atomic mass is 16.5. The van der Waals surface area contributed by atoms with Crippen molar-refractivity contribution in [2.75, 3.05) is 16.0 Å². The number of fused-ring (bicyclic) bond motifs is 1. The first-order valence-electron chi connectivity index (χ1n) is 8.59. The first-order valence-corrected chi connectivity index (χ1v) is 8.59. The Balaban J connectivity index is 1.69. The number of hydrogen-bond acceptors (Lipinski definition) is 4. The zero-order valence-corrected chi connectivity index (χ0v) is 15.3. The third-order valence-electron chi connectivity index (χ3n) is 4.34. The van der Waals surface area contributed by atoms with Gasteiger partial charge in [0.1, 0.15) is 11.8 Å². The summed E-state index contributed by atoms with van der Waals surface area (Å²) < 4.78 is 5.54. The number of carbonyl (C=O) groups is 2. The van der Waals surface area contributed by atoms with E-state index in [2.05, 4.69) is 16.0 Å². The van der Waals surface area contributed by atoms with Crippen molar-refractivity contribution in [3.63, 3.8) is 0 Å². The maximum atomic E-state index is 12.5. The highest BCUT2D eigenvalue weighted by Crippen LogP contribution is 2.32. The van der Waals surface area contributed by atoms with Gasteiger partial charge in [-0.2, -0.15) is 0 Å². The van der Waals surface area contributed by atoms with Crippen LogP contribution in [0, 0.1) is 13.8 Å². The van der Waals surface area contributed by atoms with E-state index in [-0.39, 0.29) is 11.8 Å². The van der Waals surface area contributed by atoms with Crippen molar-refractivity contribution in [3.8, 4) is 5.75 Å². The molecule has 6 nitrogen and oxygen atoms in total. The smallest absolute Gasteiger partial charge is 0.265 e. The Kier molecular flexibility index (Phi) is 4.84. The van der Waals surface area contributed by atoms with Crippen LogP contribution in [0.25, 0.3) is 0 Å². The van der Waals surface area contributed by atoms with Crippen LogP contribution in [0.2, 0.25) is 0 Å². The molecule has 2 atom stereocenters. The fourth-order valence-corrected chi connectivity index (χ4v) is 2.73. The Hall–Kier alpha value is -3.02. The summed E-state index contributed by atoms with van der Waals surface area (Å²) in [6.07, 6.45) is -0.511. The van der Waals surface area contributed by atoms with E-state index < -0.39 is 12.1 Å². The van der Waals surface area contributed by atoms with E-state index >= 15 is 0 Å². The lowest BCUT2D eigenvalue weighted by Crippen LogP contribution is -2.34. The van der Waals surface area contributed by atoms with Crippen LogP contribution < -0.4 is 20.7 Å². The lowest BCUT2D eigenvalue weighted by atomic mass is 10.1. The molecule has 3 rings (SSSR count). The normalized spacial score (nSPS) is 16.8. The van der Waals surface area contributed by atoms with Crippen molar-refractivity contribution < 1.29 is 14.3 Å². The number of aryl methyl sites for hydroxylation is 2. The van der Waals surface area contributed by atoms with Crippen molar-refractivity contribution in [3.05, 3.63) is 47.5 Å². The van der Waals surface area contributed by atoms with Crippen molar-refractivity contribution in [2.24, 2.45) is 0 Å². The molecule has 6 heteroatoms. The molecular formula is C20H23N3O3. The molecule has 0 aromatic heterocycles. The SMILES string of the molecule is Cc1ccc(C)c(NC(=O)[C@H](C)Nc2ccc3c(c2)NC(=O)[C@@H](C)O3)c1. The molecular weight excluding hydrogens is 330 g/mol. The van der Waals surface area contributed by atoms with Crippen LogP contribution in [0.15, 0.2) is 36.4 Å². The molecule has 0 saturated carbocycles. The highest BCUT2D eigenvalue weighted by Gasteiger charge is 2.24. The summed E-state index contributed by atoms with van der Waals surface area (Å²) in [5.74, 6) is 0.302. The third kappa shape index (κ3) is 3.79. The number of ether oxygens (including phenoxy) is 1. The first kappa shape index (κ1) is 17.8. The second kappa shape index (κ2) is 7.07. The summed E-state index contributed by atoms with van der Waals surface area (Å²) in [5, 5.41) is 8.91. The summed E-state index contributed by atoms with van der Waals surface area (Å²) >= 11 is 0. The van der Waals surface area contributed by atoms with E-state index in [4.69, 9.17) is 4.74 Å². The zero-order chi connectivity index (χ0) is 18.8. The quantitative estimate of drug-likeness (QED) is 0.786. The van der Waals surface area contributed by atoms with E-state index in [9.17, 15) is 9.59 Å². The molecule has 0 unspecified atom stereocenters. The maximum absolute atomic E-state index is 12.5. The maximum Gasteiger partial charge on any atom is 0.265 e. The predicted octanol–water partition coefficient (Wildman–Crippen LogP) is 3.46. The van der Waals surface area contributed by atoms with Crippen LogP contribution in [-0.2, 0) is 9.59 Å². The Bertz CT molecular complexity index is 863. The molecule has 2 aromatic rings. The van der Waals surface area contributed by atoms with Gasteiger partial charge in [0.2, 0.25) is 5.91 Å². The van der Waals surface area contributed by atoms with Crippen molar-refractivity contribution in [2.45, 2.75) is 39.8 Å². The Morgan fingerprint density at radius 2 is 1.96 bits per heavy atom. The molecule has 3 N–H and O–H groups in total. The van der Waals surface area contributed by atoms with E-state index in [1.54, 1.807) is 26.0 Å². The second-order valence-corrected chi connectivity index (χ2v) is 6.63. The van der Waals surface area contributed by atoms with Crippen LogP contribution in [-0.4, -0.2) is 24.0 Å². The molecule has 1 aliphatic rings. The number of benzene rings is 2. The first-order chi connectivity index (χ1) is 12.3. The van der Waals surface area contributed by atoms with Crippen molar-refractivity contribution >= 4 is 28.9 Å². The molecule has 0 aliphatic carbocycles. The van der Waals surface area contributed by atoms with Gasteiger partial charge in [-0.15, -0.1) is 0 Å². The van der Waals surface area contributed by atoms with Crippen molar-refractivity contribution in [1.82, 2.24) is 0 Å². The van der Waals surface area contributed by atoms with Crippen LogP contribution in [0.4, 0.5) is 17.1 Å². The minimum atomic E-state index is -0.511. The van der Waals surface area contributed by atoms with Crippen LogP contribution in [0.5, 0.6) is 5.75 Å². The number of hydrogen-bond donors (Lipinski definition) is 3. The summed E-state index contributed by atoms with van der Waals surface area (Å²) in [5.41, 5.74) is 4.24. The average Bonchev–Trinajstić information content (AvgIpc) is 2.59. The van der Waals surface area contributed by atoms with Gasteiger partial charge in [-0.25, -0.2) is 0 Å². The molecule has 1 heterocycles. The summed E-state index contributed by atoms with van der Waals surface area (Å²) in [6, 6.07) is 10.9. The van der Waals surface area contributed by atoms with E-state index in [1.807, 2.05) is 38.1 Å². The minimum absolute atomic E-state index is 0.134. The van der Waals surface area contributed by atoms with Crippen LogP contribution >= 0.6 is 0 Å². The Morgan fingerprint density at radius 3 is 2.73 bits per heavy atom. The van der Waals surface area contributed by atoms with Crippen LogP contribution in [0.1, 0.15) is 25.0 Å². The van der Waals surface area contributed by atoms with Gasteiger partial charge in [0.05, 0.1) is 5.69 Å². The van der Waals surface area contributed by atoms with Crippen LogP contribution in [0.3, 0.4) is 0 Å².